The molecule has 0 aliphatic rings. The smallest absolute Gasteiger partial charge is 0.264 e. The lowest BCUT2D eigenvalue weighted by Crippen LogP contribution is -2.19. The van der Waals surface area contributed by atoms with E-state index in [1.165, 1.54) is 11.3 Å². The van der Waals surface area contributed by atoms with Crippen LogP contribution in [0.25, 0.3) is 0 Å². The van der Waals surface area contributed by atoms with Crippen molar-refractivity contribution in [2.24, 2.45) is 0 Å². The van der Waals surface area contributed by atoms with Crippen molar-refractivity contribution >= 4 is 22.4 Å². The summed E-state index contributed by atoms with van der Waals surface area (Å²) in [6.07, 6.45) is 1.54. The second-order valence-corrected chi connectivity index (χ2v) is 4.67. The maximum Gasteiger partial charge on any atom is 0.264 e. The molecular weight excluding hydrogens is 276 g/mol. The summed E-state index contributed by atoms with van der Waals surface area (Å²) in [4.78, 5) is 16.4. The molecule has 0 fully saturated rings. The zero-order valence-electron chi connectivity index (χ0n) is 10.5. The van der Waals surface area contributed by atoms with Crippen LogP contribution in [-0.2, 0) is 4.79 Å². The van der Waals surface area contributed by atoms with Gasteiger partial charge < -0.3 is 9.84 Å². The Hall–Kier alpha value is -2.36. The molecule has 0 aliphatic carbocycles. The number of para-hydroxylation sites is 1. The third kappa shape index (κ3) is 4.39. The van der Waals surface area contributed by atoms with Crippen LogP contribution in [0.2, 0.25) is 0 Å². The van der Waals surface area contributed by atoms with E-state index in [0.29, 0.717) is 15.8 Å². The summed E-state index contributed by atoms with van der Waals surface area (Å²) in [5.74, 6) is 5.58. The van der Waals surface area contributed by atoms with Crippen LogP contribution in [0, 0.1) is 11.8 Å². The number of amides is 1. The van der Waals surface area contributed by atoms with E-state index in [9.17, 15) is 4.79 Å². The SMILES string of the molecule is O=C(COc1ccccc1)Nc1ncc(C#CCO)s1. The summed E-state index contributed by atoms with van der Waals surface area (Å²) in [5.41, 5.74) is 0. The van der Waals surface area contributed by atoms with E-state index in [2.05, 4.69) is 22.1 Å². The molecule has 0 radical (unpaired) electrons. The van der Waals surface area contributed by atoms with Gasteiger partial charge in [-0.25, -0.2) is 4.98 Å². The van der Waals surface area contributed by atoms with E-state index in [4.69, 9.17) is 9.84 Å². The molecule has 6 heteroatoms. The highest BCUT2D eigenvalue weighted by molar-refractivity contribution is 7.16. The number of aromatic nitrogens is 1. The third-order valence-electron chi connectivity index (χ3n) is 2.16. The molecular formula is C14H12N2O3S. The van der Waals surface area contributed by atoms with E-state index in [1.807, 2.05) is 18.2 Å². The molecule has 0 saturated heterocycles. The van der Waals surface area contributed by atoms with Crippen LogP contribution in [0.15, 0.2) is 36.5 Å². The highest BCUT2D eigenvalue weighted by atomic mass is 32.1. The van der Waals surface area contributed by atoms with E-state index in [-0.39, 0.29) is 19.1 Å². The van der Waals surface area contributed by atoms with Crippen molar-refractivity contribution in [3.63, 3.8) is 0 Å². The van der Waals surface area contributed by atoms with Crippen LogP contribution in [0.1, 0.15) is 4.88 Å². The minimum Gasteiger partial charge on any atom is -0.484 e. The molecule has 0 saturated carbocycles. The molecule has 0 aliphatic heterocycles. The number of rotatable bonds is 4. The highest BCUT2D eigenvalue weighted by Crippen LogP contribution is 2.17. The van der Waals surface area contributed by atoms with Crippen LogP contribution < -0.4 is 10.1 Å². The number of carbonyl (C=O) groups is 1. The number of hydrogen-bond donors (Lipinski definition) is 2. The maximum absolute atomic E-state index is 11.7. The van der Waals surface area contributed by atoms with Gasteiger partial charge in [0.05, 0.1) is 11.1 Å². The summed E-state index contributed by atoms with van der Waals surface area (Å²) >= 11 is 1.24. The third-order valence-corrected chi connectivity index (χ3v) is 2.98. The lowest BCUT2D eigenvalue weighted by atomic mass is 10.3. The fourth-order valence-electron chi connectivity index (χ4n) is 1.34. The average molecular weight is 288 g/mol. The number of carbonyl (C=O) groups excluding carboxylic acids is 1. The van der Waals surface area contributed by atoms with Gasteiger partial charge in [0.15, 0.2) is 11.7 Å². The molecule has 0 atom stereocenters. The van der Waals surface area contributed by atoms with Crippen molar-refractivity contribution < 1.29 is 14.6 Å². The predicted molar refractivity (Wildman–Crippen MR) is 76.6 cm³/mol. The summed E-state index contributed by atoms with van der Waals surface area (Å²) in [6.45, 7) is -0.286. The number of hydrogen-bond acceptors (Lipinski definition) is 5. The molecule has 5 nitrogen and oxygen atoms in total. The first-order valence-electron chi connectivity index (χ1n) is 5.81. The van der Waals surface area contributed by atoms with Crippen LogP contribution >= 0.6 is 11.3 Å². The Kier molecular flexibility index (Phi) is 5.12. The molecule has 102 valence electrons. The molecule has 0 spiro atoms. The predicted octanol–water partition coefficient (Wildman–Crippen LogP) is 1.50. The molecule has 2 rings (SSSR count). The monoisotopic (exact) mass is 288 g/mol. The van der Waals surface area contributed by atoms with Gasteiger partial charge >= 0.3 is 0 Å². The largest absolute Gasteiger partial charge is 0.484 e. The van der Waals surface area contributed by atoms with Gasteiger partial charge in [-0.05, 0) is 12.1 Å². The minimum absolute atomic E-state index is 0.0821. The van der Waals surface area contributed by atoms with Crippen LogP contribution in [0.5, 0.6) is 5.75 Å². The number of aliphatic hydroxyl groups is 1. The van der Waals surface area contributed by atoms with Crippen molar-refractivity contribution in [1.29, 1.82) is 0 Å². The zero-order valence-corrected chi connectivity index (χ0v) is 11.3. The van der Waals surface area contributed by atoms with Gasteiger partial charge in [-0.2, -0.15) is 0 Å². The van der Waals surface area contributed by atoms with Crippen molar-refractivity contribution in [1.82, 2.24) is 4.98 Å². The van der Waals surface area contributed by atoms with Gasteiger partial charge in [0.2, 0.25) is 0 Å². The second-order valence-electron chi connectivity index (χ2n) is 3.64. The number of benzene rings is 1. The van der Waals surface area contributed by atoms with Gasteiger partial charge in [0.1, 0.15) is 12.4 Å². The first kappa shape index (κ1) is 14.1. The molecule has 1 aromatic carbocycles. The number of anilines is 1. The molecule has 1 aromatic heterocycles. The minimum atomic E-state index is -0.287. The Morgan fingerprint density at radius 3 is 2.95 bits per heavy atom. The number of ether oxygens (including phenoxy) is 1. The number of nitrogens with one attached hydrogen (secondary N) is 1. The Morgan fingerprint density at radius 1 is 1.40 bits per heavy atom. The number of thiazole rings is 1. The van der Waals surface area contributed by atoms with E-state index >= 15 is 0 Å². The van der Waals surface area contributed by atoms with Crippen LogP contribution in [-0.4, -0.2) is 29.2 Å². The van der Waals surface area contributed by atoms with Crippen molar-refractivity contribution in [3.8, 4) is 17.6 Å². The second kappa shape index (κ2) is 7.28. The van der Waals surface area contributed by atoms with E-state index in [0.717, 1.165) is 0 Å². The molecule has 2 aromatic rings. The maximum atomic E-state index is 11.7. The van der Waals surface area contributed by atoms with Gasteiger partial charge in [0.25, 0.3) is 5.91 Å². The Morgan fingerprint density at radius 2 is 2.20 bits per heavy atom. The van der Waals surface area contributed by atoms with Crippen molar-refractivity contribution in [2.75, 3.05) is 18.5 Å². The lowest BCUT2D eigenvalue weighted by molar-refractivity contribution is -0.118. The fourth-order valence-corrected chi connectivity index (χ4v) is 2.04. The molecule has 1 amide bonds. The summed E-state index contributed by atoms with van der Waals surface area (Å²) in [5, 5.41) is 11.7. The fraction of sp³-hybridized carbons (Fsp3) is 0.143. The molecule has 0 unspecified atom stereocenters. The zero-order chi connectivity index (χ0) is 14.2. The lowest BCUT2D eigenvalue weighted by Gasteiger charge is -2.04. The van der Waals surface area contributed by atoms with Crippen molar-refractivity contribution in [2.45, 2.75) is 0 Å². The van der Waals surface area contributed by atoms with Gasteiger partial charge in [-0.15, -0.1) is 0 Å². The van der Waals surface area contributed by atoms with E-state index in [1.54, 1.807) is 18.3 Å². The number of nitrogens with zero attached hydrogens (tertiary/aromatic N) is 1. The number of aliphatic hydroxyl groups excluding tert-OH is 1. The van der Waals surface area contributed by atoms with Gasteiger partial charge in [-0.3, -0.25) is 10.1 Å². The summed E-state index contributed by atoms with van der Waals surface area (Å²) < 4.78 is 5.32. The molecule has 0 bridgehead atoms. The first-order chi connectivity index (χ1) is 9.78. The summed E-state index contributed by atoms with van der Waals surface area (Å²) in [7, 11) is 0. The highest BCUT2D eigenvalue weighted by Gasteiger charge is 2.06. The average Bonchev–Trinajstić information content (AvgIpc) is 2.91. The van der Waals surface area contributed by atoms with Crippen molar-refractivity contribution in [3.05, 3.63) is 41.4 Å². The Bertz CT molecular complexity index is 629. The molecule has 20 heavy (non-hydrogen) atoms. The molecule has 1 heterocycles. The van der Waals surface area contributed by atoms with Gasteiger partial charge in [0, 0.05) is 0 Å². The van der Waals surface area contributed by atoms with Crippen LogP contribution in [0.3, 0.4) is 0 Å². The Labute approximate surface area is 120 Å². The van der Waals surface area contributed by atoms with E-state index < -0.39 is 0 Å². The summed E-state index contributed by atoms with van der Waals surface area (Å²) in [6, 6.07) is 9.09. The van der Waals surface area contributed by atoms with Crippen LogP contribution in [0.4, 0.5) is 5.13 Å². The first-order valence-corrected chi connectivity index (χ1v) is 6.63. The molecule has 2 N–H and O–H groups in total. The standard InChI is InChI=1S/C14H12N2O3S/c17-8-4-7-12-9-15-14(20-12)16-13(18)10-19-11-5-2-1-3-6-11/h1-3,5-6,9,17H,8,10H2,(H,15,16,18). The quantitative estimate of drug-likeness (QED) is 0.836. The Balaban J connectivity index is 1.84. The normalized spacial score (nSPS) is 9.45. The van der Waals surface area contributed by atoms with Gasteiger partial charge in [-0.1, -0.05) is 41.4 Å². The topological polar surface area (TPSA) is 71.5 Å².